The lowest BCUT2D eigenvalue weighted by molar-refractivity contribution is -0.141. The molecule has 0 saturated carbocycles. The summed E-state index contributed by atoms with van der Waals surface area (Å²) in [6, 6.07) is 0. The molecule has 0 bridgehead atoms. The molecule has 8 heteroatoms. The van der Waals surface area contributed by atoms with E-state index in [9.17, 15) is 9.59 Å². The number of rotatable bonds is 6. The number of fused-ring (bicyclic) bond motifs is 1. The van der Waals surface area contributed by atoms with Crippen molar-refractivity contribution in [3.05, 3.63) is 34.3 Å². The minimum atomic E-state index is -0.533. The third-order valence-electron chi connectivity index (χ3n) is 6.23. The summed E-state index contributed by atoms with van der Waals surface area (Å²) in [5.74, 6) is 1.87. The lowest BCUT2D eigenvalue weighted by atomic mass is 9.95. The molecule has 2 fully saturated rings. The zero-order valence-electron chi connectivity index (χ0n) is 17.4. The maximum Gasteiger partial charge on any atom is 0.293 e. The van der Waals surface area contributed by atoms with Crippen molar-refractivity contribution < 1.29 is 14.3 Å². The fourth-order valence-electron chi connectivity index (χ4n) is 4.80. The number of aromatic nitrogens is 3. The number of hydrogen-bond acceptors (Lipinski definition) is 6. The van der Waals surface area contributed by atoms with E-state index in [-0.39, 0.29) is 18.9 Å². The number of carbonyl (C=O) groups is 1. The first kappa shape index (κ1) is 22.5. The summed E-state index contributed by atoms with van der Waals surface area (Å²) >= 11 is 0. The van der Waals surface area contributed by atoms with Crippen LogP contribution in [0.1, 0.15) is 64.4 Å². The summed E-state index contributed by atoms with van der Waals surface area (Å²) in [7, 11) is 0. The first-order valence-electron chi connectivity index (χ1n) is 10.4. The Morgan fingerprint density at radius 2 is 2.07 bits per heavy atom. The molecule has 4 heterocycles. The first-order valence-corrected chi connectivity index (χ1v) is 10.4. The number of imidazole rings is 1. The third-order valence-corrected chi connectivity index (χ3v) is 6.23. The van der Waals surface area contributed by atoms with E-state index in [0.29, 0.717) is 30.4 Å². The van der Waals surface area contributed by atoms with Crippen LogP contribution in [-0.2, 0) is 14.3 Å². The topological polar surface area (TPSA) is 88.9 Å². The average Bonchev–Trinajstić information content (AvgIpc) is 3.25. The quantitative estimate of drug-likeness (QED) is 0.725. The normalized spacial score (nSPS) is 23.4. The van der Waals surface area contributed by atoms with Crippen LogP contribution in [0, 0.1) is 5.92 Å². The monoisotopic (exact) mass is 418 g/mol. The molecular formula is C22H34N4O4. The van der Waals surface area contributed by atoms with Gasteiger partial charge in [-0.3, -0.25) is 18.9 Å². The molecule has 0 radical (unpaired) electrons. The van der Waals surface area contributed by atoms with Gasteiger partial charge in [0, 0.05) is 56.6 Å². The Morgan fingerprint density at radius 3 is 2.77 bits per heavy atom. The SMILES string of the molecule is C.C[C@@H]1CN(CC(C)(C)OC=O)C[C@H]1c1cn2c(C3CCOCC3)ncc2c(=O)[nH]1. The van der Waals surface area contributed by atoms with Gasteiger partial charge in [-0.15, -0.1) is 0 Å². The van der Waals surface area contributed by atoms with Crippen molar-refractivity contribution in [2.75, 3.05) is 32.8 Å². The molecule has 2 aliphatic heterocycles. The van der Waals surface area contributed by atoms with E-state index >= 15 is 0 Å². The van der Waals surface area contributed by atoms with E-state index in [2.05, 4.69) is 28.0 Å². The molecule has 0 spiro atoms. The summed E-state index contributed by atoms with van der Waals surface area (Å²) < 4.78 is 12.7. The Morgan fingerprint density at radius 1 is 1.33 bits per heavy atom. The molecule has 166 valence electrons. The van der Waals surface area contributed by atoms with Crippen molar-refractivity contribution in [3.63, 3.8) is 0 Å². The molecule has 0 aromatic carbocycles. The van der Waals surface area contributed by atoms with Gasteiger partial charge in [-0.05, 0) is 32.6 Å². The third kappa shape index (κ3) is 4.44. The van der Waals surface area contributed by atoms with Crippen molar-refractivity contribution in [2.24, 2.45) is 5.92 Å². The van der Waals surface area contributed by atoms with Crippen LogP contribution in [0.5, 0.6) is 0 Å². The molecule has 0 aliphatic carbocycles. The smallest absolute Gasteiger partial charge is 0.293 e. The van der Waals surface area contributed by atoms with Gasteiger partial charge in [0.1, 0.15) is 16.9 Å². The first-order chi connectivity index (χ1) is 13.9. The Bertz CT molecular complexity index is 929. The predicted octanol–water partition coefficient (Wildman–Crippen LogP) is 2.54. The molecule has 2 aromatic heterocycles. The zero-order valence-corrected chi connectivity index (χ0v) is 17.4. The second kappa shape index (κ2) is 8.89. The highest BCUT2D eigenvalue weighted by molar-refractivity contribution is 5.45. The Kier molecular flexibility index (Phi) is 6.67. The van der Waals surface area contributed by atoms with Gasteiger partial charge in [0.2, 0.25) is 0 Å². The molecule has 0 unspecified atom stereocenters. The number of aromatic amines is 1. The number of H-pyrrole nitrogens is 1. The lowest BCUT2D eigenvalue weighted by Crippen LogP contribution is -2.39. The highest BCUT2D eigenvalue weighted by atomic mass is 16.5. The highest BCUT2D eigenvalue weighted by Gasteiger charge is 2.35. The molecule has 2 aromatic rings. The second-order valence-corrected chi connectivity index (χ2v) is 9.05. The van der Waals surface area contributed by atoms with Crippen LogP contribution in [0.3, 0.4) is 0 Å². The summed E-state index contributed by atoms with van der Waals surface area (Å²) in [5, 5.41) is 0. The Balaban J connectivity index is 0.00000256. The number of nitrogens with zero attached hydrogens (tertiary/aromatic N) is 3. The minimum Gasteiger partial charge on any atom is -0.461 e. The molecule has 4 rings (SSSR count). The standard InChI is InChI=1S/C21H30N4O4.CH4/c1-14-9-24(12-21(2,3)29-13-26)10-16(14)17-11-25-18(20(27)23-17)8-22-19(25)15-4-6-28-7-5-15;/h8,11,13-16H,4-7,9-10,12H2,1-3H3,(H,23,27);1H4/t14-,16-;/m1./s1. The van der Waals surface area contributed by atoms with E-state index in [1.807, 2.05) is 18.2 Å². The van der Waals surface area contributed by atoms with Gasteiger partial charge >= 0.3 is 0 Å². The lowest BCUT2D eigenvalue weighted by Gasteiger charge is -2.28. The number of nitrogens with one attached hydrogen (secondary N) is 1. The van der Waals surface area contributed by atoms with Crippen LogP contribution in [0.2, 0.25) is 0 Å². The molecule has 0 amide bonds. The van der Waals surface area contributed by atoms with Gasteiger partial charge < -0.3 is 14.5 Å². The summed E-state index contributed by atoms with van der Waals surface area (Å²) in [6.07, 6.45) is 5.60. The van der Waals surface area contributed by atoms with Crippen LogP contribution >= 0.6 is 0 Å². The van der Waals surface area contributed by atoms with Gasteiger partial charge in [-0.1, -0.05) is 14.4 Å². The number of hydrogen-bond donors (Lipinski definition) is 1. The van der Waals surface area contributed by atoms with Gasteiger partial charge in [0.05, 0.1) is 6.20 Å². The summed E-state index contributed by atoms with van der Waals surface area (Å²) in [4.78, 5) is 33.5. The van der Waals surface area contributed by atoms with Crippen molar-refractivity contribution in [1.82, 2.24) is 19.3 Å². The van der Waals surface area contributed by atoms with E-state index in [1.54, 1.807) is 6.20 Å². The average molecular weight is 419 g/mol. The molecule has 8 nitrogen and oxygen atoms in total. The minimum absolute atomic E-state index is 0. The fourth-order valence-corrected chi connectivity index (χ4v) is 4.80. The Hall–Kier alpha value is -2.19. The van der Waals surface area contributed by atoms with E-state index in [1.165, 1.54) is 0 Å². The summed E-state index contributed by atoms with van der Waals surface area (Å²) in [6.45, 7) is 10.4. The van der Waals surface area contributed by atoms with Gasteiger partial charge in [-0.2, -0.15) is 0 Å². The van der Waals surface area contributed by atoms with Crippen molar-refractivity contribution >= 4 is 12.0 Å². The van der Waals surface area contributed by atoms with Crippen molar-refractivity contribution in [3.8, 4) is 0 Å². The largest absolute Gasteiger partial charge is 0.461 e. The maximum absolute atomic E-state index is 12.7. The van der Waals surface area contributed by atoms with Crippen LogP contribution in [0.25, 0.3) is 5.52 Å². The van der Waals surface area contributed by atoms with Crippen LogP contribution in [0.4, 0.5) is 0 Å². The van der Waals surface area contributed by atoms with Crippen LogP contribution in [0.15, 0.2) is 17.2 Å². The van der Waals surface area contributed by atoms with E-state index in [4.69, 9.17) is 9.47 Å². The highest BCUT2D eigenvalue weighted by Crippen LogP contribution is 2.33. The molecule has 1 N–H and O–H groups in total. The van der Waals surface area contributed by atoms with E-state index < -0.39 is 5.60 Å². The molecule has 30 heavy (non-hydrogen) atoms. The predicted molar refractivity (Wildman–Crippen MR) is 115 cm³/mol. The molecular weight excluding hydrogens is 384 g/mol. The molecule has 2 atom stereocenters. The number of likely N-dealkylation sites (tertiary alicyclic amines) is 1. The zero-order chi connectivity index (χ0) is 20.6. The van der Waals surface area contributed by atoms with Crippen molar-refractivity contribution in [1.29, 1.82) is 0 Å². The Labute approximate surface area is 177 Å². The maximum atomic E-state index is 12.7. The number of carbonyl (C=O) groups excluding carboxylic acids is 1. The van der Waals surface area contributed by atoms with Crippen LogP contribution < -0.4 is 5.56 Å². The van der Waals surface area contributed by atoms with Gasteiger partial charge in [0.25, 0.3) is 12.0 Å². The van der Waals surface area contributed by atoms with Crippen LogP contribution in [-0.4, -0.2) is 64.2 Å². The van der Waals surface area contributed by atoms with Crippen molar-refractivity contribution in [2.45, 2.75) is 58.5 Å². The van der Waals surface area contributed by atoms with Gasteiger partial charge in [0.15, 0.2) is 0 Å². The second-order valence-electron chi connectivity index (χ2n) is 9.05. The fraction of sp³-hybridized carbons (Fsp3) is 0.682. The van der Waals surface area contributed by atoms with E-state index in [0.717, 1.165) is 50.7 Å². The van der Waals surface area contributed by atoms with Gasteiger partial charge in [-0.25, -0.2) is 4.98 Å². The molecule has 2 aliphatic rings. The molecule has 2 saturated heterocycles. The number of ether oxygens (including phenoxy) is 2. The summed E-state index contributed by atoms with van der Waals surface area (Å²) in [5.41, 5.74) is 0.911.